The van der Waals surface area contributed by atoms with Crippen LogP contribution in [-0.2, 0) is 0 Å². The van der Waals surface area contributed by atoms with Crippen LogP contribution in [0.5, 0.6) is 0 Å². The lowest BCUT2D eigenvalue weighted by Crippen LogP contribution is -2.08. The van der Waals surface area contributed by atoms with Gasteiger partial charge in [-0.1, -0.05) is 44.5 Å². The van der Waals surface area contributed by atoms with Crippen molar-refractivity contribution in [2.45, 2.75) is 0 Å². The fourth-order valence-corrected chi connectivity index (χ4v) is 2.00. The van der Waals surface area contributed by atoms with Crippen LogP contribution in [0.15, 0.2) is 47.7 Å². The summed E-state index contributed by atoms with van der Waals surface area (Å²) < 4.78 is 5.68. The summed E-state index contributed by atoms with van der Waals surface area (Å²) in [4.78, 5) is 12.4. The van der Waals surface area contributed by atoms with Crippen LogP contribution >= 0.6 is 0 Å². The molecule has 0 saturated carbocycles. The maximum absolute atomic E-state index is 12.4. The summed E-state index contributed by atoms with van der Waals surface area (Å²) in [5.41, 5.74) is 2.52. The van der Waals surface area contributed by atoms with Crippen LogP contribution in [0.3, 0.4) is 0 Å². The molecule has 0 aliphatic carbocycles. The fraction of sp³-hybridized carbons (Fsp3) is 0. The average molecular weight is 250 g/mol. The molecule has 2 rings (SSSR count). The van der Waals surface area contributed by atoms with Crippen LogP contribution < -0.4 is 5.43 Å². The second-order valence-corrected chi connectivity index (χ2v) is 4.00. The van der Waals surface area contributed by atoms with Gasteiger partial charge in [-0.2, -0.15) is 0 Å². The molecule has 0 spiro atoms. The summed E-state index contributed by atoms with van der Waals surface area (Å²) in [6.45, 7) is 14.8. The molecule has 0 unspecified atom stereocenters. The molecule has 1 aromatic carbocycles. The van der Waals surface area contributed by atoms with E-state index in [2.05, 4.69) is 26.3 Å². The van der Waals surface area contributed by atoms with E-state index in [-0.39, 0.29) is 5.43 Å². The molecule has 1 heterocycles. The summed E-state index contributed by atoms with van der Waals surface area (Å²) in [5.74, 6) is 0.425. The molecule has 2 aromatic rings. The van der Waals surface area contributed by atoms with Crippen molar-refractivity contribution in [2.75, 3.05) is 0 Å². The smallest absolute Gasteiger partial charge is 0.200 e. The fourth-order valence-electron chi connectivity index (χ4n) is 2.00. The molecule has 0 saturated heterocycles. The van der Waals surface area contributed by atoms with Crippen LogP contribution in [-0.4, -0.2) is 0 Å². The molecule has 19 heavy (non-hydrogen) atoms. The third kappa shape index (κ3) is 1.97. The maximum Gasteiger partial charge on any atom is 0.200 e. The predicted octanol–water partition coefficient (Wildman–Crippen LogP) is 4.37. The maximum atomic E-state index is 12.4. The second kappa shape index (κ2) is 4.94. The second-order valence-electron chi connectivity index (χ2n) is 4.00. The highest BCUT2D eigenvalue weighted by atomic mass is 16.3. The topological polar surface area (TPSA) is 30.2 Å². The highest BCUT2D eigenvalue weighted by Gasteiger charge is 2.11. The Morgan fingerprint density at radius 1 is 0.895 bits per heavy atom. The van der Waals surface area contributed by atoms with Crippen molar-refractivity contribution in [1.82, 2.24) is 0 Å². The largest absolute Gasteiger partial charge is 0.456 e. The lowest BCUT2D eigenvalue weighted by molar-refractivity contribution is 0.589. The van der Waals surface area contributed by atoms with E-state index >= 15 is 0 Å². The average Bonchev–Trinajstić information content (AvgIpc) is 2.45. The molecular weight excluding hydrogens is 236 g/mol. The third-order valence-electron chi connectivity index (χ3n) is 2.99. The van der Waals surface area contributed by atoms with Gasteiger partial charge in [0.2, 0.25) is 5.43 Å². The molecule has 0 aliphatic heterocycles. The molecule has 1 aromatic heterocycles. The summed E-state index contributed by atoms with van der Waals surface area (Å²) >= 11 is 0. The van der Waals surface area contributed by atoms with Crippen molar-refractivity contribution >= 4 is 35.3 Å². The predicted molar refractivity (Wildman–Crippen MR) is 82.8 cm³/mol. The Bertz CT molecular complexity index is 756. The zero-order valence-electron chi connectivity index (χ0n) is 10.6. The first-order valence-corrected chi connectivity index (χ1v) is 5.80. The zero-order valence-corrected chi connectivity index (χ0v) is 10.6. The molecule has 0 bridgehead atoms. The summed E-state index contributed by atoms with van der Waals surface area (Å²) in [7, 11) is 0. The van der Waals surface area contributed by atoms with Crippen molar-refractivity contribution in [1.29, 1.82) is 0 Å². The quantitative estimate of drug-likeness (QED) is 0.806. The Labute approximate surface area is 111 Å². The molecule has 2 nitrogen and oxygen atoms in total. The van der Waals surface area contributed by atoms with Gasteiger partial charge >= 0.3 is 0 Å². The first kappa shape index (κ1) is 12.8. The highest BCUT2D eigenvalue weighted by molar-refractivity contribution is 5.86. The number of rotatable bonds is 4. The number of hydrogen-bond acceptors (Lipinski definition) is 2. The van der Waals surface area contributed by atoms with Gasteiger partial charge in [-0.05, 0) is 29.3 Å². The first-order chi connectivity index (χ1) is 9.15. The van der Waals surface area contributed by atoms with Gasteiger partial charge in [0.05, 0.1) is 10.9 Å². The minimum atomic E-state index is -0.120. The Morgan fingerprint density at radius 3 is 2.05 bits per heavy atom. The highest BCUT2D eigenvalue weighted by Crippen LogP contribution is 2.23. The van der Waals surface area contributed by atoms with Crippen molar-refractivity contribution < 1.29 is 4.42 Å². The molecule has 94 valence electrons. The van der Waals surface area contributed by atoms with E-state index in [0.717, 1.165) is 11.1 Å². The van der Waals surface area contributed by atoms with Gasteiger partial charge in [-0.25, -0.2) is 0 Å². The lowest BCUT2D eigenvalue weighted by Gasteiger charge is -2.07. The standard InChI is InChI=1S/C17H14O2/c1-5-11-9-14-16(10-12(11)6-2)19-15(8-4)13(7-3)17(14)18/h5-10H,1-4H2. The van der Waals surface area contributed by atoms with Crippen LogP contribution in [0.25, 0.3) is 35.3 Å². The van der Waals surface area contributed by atoms with Gasteiger partial charge < -0.3 is 4.42 Å². The van der Waals surface area contributed by atoms with E-state index in [0.29, 0.717) is 22.3 Å². The minimum absolute atomic E-state index is 0.120. The number of fused-ring (bicyclic) bond motifs is 1. The monoisotopic (exact) mass is 250 g/mol. The van der Waals surface area contributed by atoms with Crippen LogP contribution in [0.2, 0.25) is 0 Å². The third-order valence-corrected chi connectivity index (χ3v) is 2.99. The Kier molecular flexibility index (Phi) is 3.34. The Balaban J connectivity index is 3.00. The summed E-state index contributed by atoms with van der Waals surface area (Å²) in [6.07, 6.45) is 6.38. The molecule has 0 amide bonds. The SMILES string of the molecule is C=Cc1cc2oc(C=C)c(C=C)c(=O)c2cc1C=C. The molecule has 2 heteroatoms. The van der Waals surface area contributed by atoms with Crippen molar-refractivity contribution in [2.24, 2.45) is 0 Å². The first-order valence-electron chi connectivity index (χ1n) is 5.80. The molecule has 0 atom stereocenters. The molecule has 0 aliphatic rings. The lowest BCUT2D eigenvalue weighted by atomic mass is 10.0. The van der Waals surface area contributed by atoms with Crippen molar-refractivity contribution in [3.05, 3.63) is 71.1 Å². The van der Waals surface area contributed by atoms with Crippen molar-refractivity contribution in [3.63, 3.8) is 0 Å². The normalized spacial score (nSPS) is 10.1. The number of hydrogen-bond donors (Lipinski definition) is 0. The van der Waals surface area contributed by atoms with E-state index in [4.69, 9.17) is 4.42 Å². The van der Waals surface area contributed by atoms with E-state index < -0.39 is 0 Å². The van der Waals surface area contributed by atoms with E-state index in [1.807, 2.05) is 0 Å². The molecule has 0 N–H and O–H groups in total. The summed E-state index contributed by atoms with van der Waals surface area (Å²) in [6, 6.07) is 3.53. The molecule has 0 fully saturated rings. The number of benzene rings is 1. The van der Waals surface area contributed by atoms with Gasteiger partial charge in [0, 0.05) is 0 Å². The van der Waals surface area contributed by atoms with Gasteiger partial charge in [0.15, 0.2) is 0 Å². The zero-order chi connectivity index (χ0) is 14.0. The van der Waals surface area contributed by atoms with Crippen molar-refractivity contribution in [3.8, 4) is 0 Å². The van der Waals surface area contributed by atoms with E-state index in [1.165, 1.54) is 12.2 Å². The van der Waals surface area contributed by atoms with Gasteiger partial charge in [0.1, 0.15) is 11.3 Å². The Hall–Kier alpha value is -2.61. The van der Waals surface area contributed by atoms with Gasteiger partial charge in [0.25, 0.3) is 0 Å². The van der Waals surface area contributed by atoms with Crippen LogP contribution in [0.1, 0.15) is 22.5 Å². The van der Waals surface area contributed by atoms with E-state index in [1.54, 1.807) is 24.3 Å². The van der Waals surface area contributed by atoms with E-state index in [9.17, 15) is 4.79 Å². The van der Waals surface area contributed by atoms with Gasteiger partial charge in [-0.3, -0.25) is 4.79 Å². The Morgan fingerprint density at radius 2 is 1.53 bits per heavy atom. The van der Waals surface area contributed by atoms with Gasteiger partial charge in [-0.15, -0.1) is 0 Å². The minimum Gasteiger partial charge on any atom is -0.456 e. The molecule has 0 radical (unpaired) electrons. The summed E-state index contributed by atoms with van der Waals surface area (Å²) in [5, 5.41) is 0.501. The molecular formula is C17H14O2. The van der Waals surface area contributed by atoms with Crippen LogP contribution in [0, 0.1) is 0 Å². The van der Waals surface area contributed by atoms with Crippen LogP contribution in [0.4, 0.5) is 0 Å².